The molecule has 1 heterocycles. The van der Waals surface area contributed by atoms with E-state index in [1.807, 2.05) is 6.92 Å². The second-order valence-corrected chi connectivity index (χ2v) is 5.47. The summed E-state index contributed by atoms with van der Waals surface area (Å²) in [6.07, 6.45) is -1.77. The molecular weight excluding hydrogens is 289 g/mol. The van der Waals surface area contributed by atoms with Gasteiger partial charge in [-0.25, -0.2) is 4.98 Å². The Morgan fingerprint density at radius 2 is 2.15 bits per heavy atom. The van der Waals surface area contributed by atoms with Gasteiger partial charge in [-0.05, 0) is 31.5 Å². The van der Waals surface area contributed by atoms with Crippen LogP contribution in [0.1, 0.15) is 25.3 Å². The molecule has 2 N–H and O–H groups in total. The molecule has 1 atom stereocenters. The van der Waals surface area contributed by atoms with Crippen LogP contribution in [0.4, 0.5) is 13.2 Å². The number of alkyl halides is 3. The molecule has 0 aliphatic rings. The molecule has 0 fully saturated rings. The SMILES string of the molecule is CCCNC(CO)CCSc1ccc(C(F)(F)F)cn1. The quantitative estimate of drug-likeness (QED) is 0.725. The van der Waals surface area contributed by atoms with Crippen LogP contribution in [0.25, 0.3) is 0 Å². The fourth-order valence-electron chi connectivity index (χ4n) is 1.55. The average molecular weight is 308 g/mol. The number of aromatic nitrogens is 1. The monoisotopic (exact) mass is 308 g/mol. The van der Waals surface area contributed by atoms with Gasteiger partial charge >= 0.3 is 6.18 Å². The molecule has 0 spiro atoms. The number of hydrogen-bond acceptors (Lipinski definition) is 4. The summed E-state index contributed by atoms with van der Waals surface area (Å²) in [5, 5.41) is 12.9. The standard InChI is InChI=1S/C13H19F3N2OS/c1-2-6-17-11(9-19)5-7-20-12-4-3-10(8-18-12)13(14,15)16/h3-4,8,11,17,19H,2,5-7,9H2,1H3. The molecule has 3 nitrogen and oxygen atoms in total. The third kappa shape index (κ3) is 6.11. The first-order chi connectivity index (χ1) is 9.47. The molecule has 0 amide bonds. The molecule has 1 aromatic heterocycles. The lowest BCUT2D eigenvalue weighted by molar-refractivity contribution is -0.137. The topological polar surface area (TPSA) is 45.1 Å². The van der Waals surface area contributed by atoms with Gasteiger partial charge in [0.2, 0.25) is 0 Å². The lowest BCUT2D eigenvalue weighted by atomic mass is 10.2. The molecule has 20 heavy (non-hydrogen) atoms. The molecule has 0 aliphatic carbocycles. The van der Waals surface area contributed by atoms with Crippen LogP contribution in [-0.4, -0.2) is 35.0 Å². The number of hydrogen-bond donors (Lipinski definition) is 2. The van der Waals surface area contributed by atoms with Gasteiger partial charge in [-0.1, -0.05) is 6.92 Å². The van der Waals surface area contributed by atoms with E-state index in [-0.39, 0.29) is 12.6 Å². The minimum absolute atomic E-state index is 0.0249. The fourth-order valence-corrected chi connectivity index (χ4v) is 2.45. The van der Waals surface area contributed by atoms with Crippen molar-refractivity contribution in [3.05, 3.63) is 23.9 Å². The Labute approximate surface area is 121 Å². The Morgan fingerprint density at radius 1 is 1.40 bits per heavy atom. The van der Waals surface area contributed by atoms with Gasteiger partial charge < -0.3 is 10.4 Å². The van der Waals surface area contributed by atoms with Crippen molar-refractivity contribution in [1.29, 1.82) is 0 Å². The van der Waals surface area contributed by atoms with Crippen LogP contribution in [0.2, 0.25) is 0 Å². The summed E-state index contributed by atoms with van der Waals surface area (Å²) in [6, 6.07) is 2.44. The molecule has 1 aromatic rings. The predicted octanol–water partition coefficient (Wildman–Crippen LogP) is 2.94. The lowest BCUT2D eigenvalue weighted by Crippen LogP contribution is -2.33. The van der Waals surface area contributed by atoms with Crippen molar-refractivity contribution in [3.63, 3.8) is 0 Å². The van der Waals surface area contributed by atoms with Crippen LogP contribution >= 0.6 is 11.8 Å². The minimum Gasteiger partial charge on any atom is -0.395 e. The molecule has 0 bridgehead atoms. The van der Waals surface area contributed by atoms with Crippen molar-refractivity contribution in [2.24, 2.45) is 0 Å². The number of nitrogens with zero attached hydrogens (tertiary/aromatic N) is 1. The highest BCUT2D eigenvalue weighted by Crippen LogP contribution is 2.29. The summed E-state index contributed by atoms with van der Waals surface area (Å²) in [5.74, 6) is 0.695. The van der Waals surface area contributed by atoms with Crippen molar-refractivity contribution in [2.45, 2.75) is 37.0 Å². The first-order valence-corrected chi connectivity index (χ1v) is 7.46. The third-order valence-corrected chi connectivity index (χ3v) is 3.66. The van der Waals surface area contributed by atoms with Crippen molar-refractivity contribution in [2.75, 3.05) is 18.9 Å². The van der Waals surface area contributed by atoms with Crippen LogP contribution < -0.4 is 5.32 Å². The summed E-state index contributed by atoms with van der Waals surface area (Å²) in [4.78, 5) is 3.79. The minimum atomic E-state index is -4.34. The number of pyridine rings is 1. The highest BCUT2D eigenvalue weighted by Gasteiger charge is 2.30. The van der Waals surface area contributed by atoms with Crippen LogP contribution in [0, 0.1) is 0 Å². The van der Waals surface area contributed by atoms with Gasteiger partial charge in [-0.3, -0.25) is 0 Å². The third-order valence-electron chi connectivity index (χ3n) is 2.68. The number of halogens is 3. The van der Waals surface area contributed by atoms with Gasteiger partial charge in [0.15, 0.2) is 0 Å². The van der Waals surface area contributed by atoms with E-state index >= 15 is 0 Å². The first kappa shape index (κ1) is 17.3. The summed E-state index contributed by atoms with van der Waals surface area (Å²) < 4.78 is 37.1. The van der Waals surface area contributed by atoms with Gasteiger partial charge in [-0.2, -0.15) is 13.2 Å². The van der Waals surface area contributed by atoms with E-state index in [1.54, 1.807) is 0 Å². The van der Waals surface area contributed by atoms with E-state index in [4.69, 9.17) is 5.11 Å². The molecule has 1 unspecified atom stereocenters. The normalized spacial score (nSPS) is 13.4. The van der Waals surface area contributed by atoms with E-state index in [1.165, 1.54) is 17.8 Å². The molecule has 0 saturated carbocycles. The summed E-state index contributed by atoms with van der Waals surface area (Å²) in [7, 11) is 0. The molecule has 1 rings (SSSR count). The lowest BCUT2D eigenvalue weighted by Gasteiger charge is -2.15. The molecule has 114 valence electrons. The van der Waals surface area contributed by atoms with Crippen LogP contribution in [0.3, 0.4) is 0 Å². The van der Waals surface area contributed by atoms with E-state index < -0.39 is 11.7 Å². The zero-order chi connectivity index (χ0) is 15.0. The molecule has 0 radical (unpaired) electrons. The molecule has 0 aromatic carbocycles. The maximum Gasteiger partial charge on any atom is 0.417 e. The number of aliphatic hydroxyl groups excluding tert-OH is 1. The Hall–Kier alpha value is -0.790. The van der Waals surface area contributed by atoms with Crippen LogP contribution in [0.5, 0.6) is 0 Å². The highest BCUT2D eigenvalue weighted by molar-refractivity contribution is 7.99. The predicted molar refractivity (Wildman–Crippen MR) is 73.7 cm³/mol. The van der Waals surface area contributed by atoms with Gasteiger partial charge in [0.05, 0.1) is 17.2 Å². The van der Waals surface area contributed by atoms with E-state index in [0.29, 0.717) is 10.8 Å². The summed E-state index contributed by atoms with van der Waals surface area (Å²) >= 11 is 1.39. The van der Waals surface area contributed by atoms with Gasteiger partial charge in [0.1, 0.15) is 0 Å². The zero-order valence-corrected chi connectivity index (χ0v) is 12.1. The first-order valence-electron chi connectivity index (χ1n) is 6.47. The Balaban J connectivity index is 2.38. The largest absolute Gasteiger partial charge is 0.417 e. The van der Waals surface area contributed by atoms with Crippen molar-refractivity contribution in [3.8, 4) is 0 Å². The number of nitrogens with one attached hydrogen (secondary N) is 1. The van der Waals surface area contributed by atoms with E-state index in [2.05, 4.69) is 10.3 Å². The number of thioether (sulfide) groups is 1. The van der Waals surface area contributed by atoms with Gasteiger partial charge in [0.25, 0.3) is 0 Å². The number of aliphatic hydroxyl groups is 1. The second kappa shape index (κ2) is 8.49. The summed E-state index contributed by atoms with van der Waals surface area (Å²) in [5.41, 5.74) is -0.736. The van der Waals surface area contributed by atoms with E-state index in [0.717, 1.165) is 31.6 Å². The van der Waals surface area contributed by atoms with Crippen LogP contribution in [0.15, 0.2) is 23.4 Å². The van der Waals surface area contributed by atoms with Crippen LogP contribution in [-0.2, 0) is 6.18 Å². The van der Waals surface area contributed by atoms with E-state index in [9.17, 15) is 13.2 Å². The smallest absolute Gasteiger partial charge is 0.395 e. The van der Waals surface area contributed by atoms with Crippen molar-refractivity contribution < 1.29 is 18.3 Å². The maximum atomic E-state index is 12.4. The zero-order valence-electron chi connectivity index (χ0n) is 11.3. The molecular formula is C13H19F3N2OS. The van der Waals surface area contributed by atoms with Gasteiger partial charge in [-0.15, -0.1) is 11.8 Å². The second-order valence-electron chi connectivity index (χ2n) is 4.35. The molecule has 0 saturated heterocycles. The summed E-state index contributed by atoms with van der Waals surface area (Å²) in [6.45, 7) is 2.94. The van der Waals surface area contributed by atoms with Crippen molar-refractivity contribution >= 4 is 11.8 Å². The Bertz CT molecular complexity index is 384. The molecule has 0 aliphatic heterocycles. The molecule has 7 heteroatoms. The number of rotatable bonds is 8. The Kier molecular flexibility index (Phi) is 7.32. The maximum absolute atomic E-state index is 12.4. The van der Waals surface area contributed by atoms with Crippen molar-refractivity contribution in [1.82, 2.24) is 10.3 Å². The average Bonchev–Trinajstić information content (AvgIpc) is 2.42. The van der Waals surface area contributed by atoms with Gasteiger partial charge in [0, 0.05) is 18.0 Å². The fraction of sp³-hybridized carbons (Fsp3) is 0.615. The Morgan fingerprint density at radius 3 is 2.65 bits per heavy atom. The highest BCUT2D eigenvalue weighted by atomic mass is 32.2.